The Morgan fingerprint density at radius 2 is 1.88 bits per heavy atom. The molecular weight excluding hydrogens is 416 g/mol. The van der Waals surface area contributed by atoms with Gasteiger partial charge in [-0.3, -0.25) is 19.2 Å². The second kappa shape index (κ2) is 8.18. The first-order valence-electron chi connectivity index (χ1n) is 12.3. The Balaban J connectivity index is 1.81. The summed E-state index contributed by atoms with van der Waals surface area (Å²) in [6.07, 6.45) is 11.5. The van der Waals surface area contributed by atoms with Crippen molar-refractivity contribution in [2.45, 2.75) is 85.2 Å². The van der Waals surface area contributed by atoms with Crippen molar-refractivity contribution in [3.63, 3.8) is 0 Å². The van der Waals surface area contributed by atoms with E-state index in [1.165, 1.54) is 24.6 Å². The van der Waals surface area contributed by atoms with Crippen LogP contribution >= 0.6 is 0 Å². The number of ether oxygens (including phenoxy) is 1. The Labute approximate surface area is 196 Å². The van der Waals surface area contributed by atoms with Crippen molar-refractivity contribution in [3.05, 3.63) is 35.5 Å². The first-order valence-corrected chi connectivity index (χ1v) is 12.3. The number of rotatable bonds is 5. The molecule has 0 bridgehead atoms. The third kappa shape index (κ3) is 3.68. The number of hydrogen-bond acceptors (Lipinski definition) is 5. The Morgan fingerprint density at radius 3 is 2.55 bits per heavy atom. The zero-order chi connectivity index (χ0) is 24.2. The lowest BCUT2D eigenvalue weighted by Gasteiger charge is -2.56. The molecule has 4 aliphatic rings. The molecule has 0 unspecified atom stereocenters. The Kier molecular flexibility index (Phi) is 5.91. The summed E-state index contributed by atoms with van der Waals surface area (Å²) in [6, 6.07) is 0. The highest BCUT2D eigenvalue weighted by molar-refractivity contribution is 5.99. The number of allylic oxidation sites excluding steroid dienone is 6. The molecule has 0 amide bonds. The minimum Gasteiger partial charge on any atom is -0.459 e. The van der Waals surface area contributed by atoms with Gasteiger partial charge in [-0.2, -0.15) is 0 Å². The van der Waals surface area contributed by atoms with Crippen LogP contribution in [0.15, 0.2) is 35.5 Å². The standard InChI is InChI=1S/C28H36O5/c1-6-24(32)33-28(5)14-11-22-25-20(23(31)8-7-17(2)29)16-18-15-19(30)9-12-26(18,3)21(25)10-13-27(22,28)4/h7-8,10,15,20,22,25H,6,9,11-14,16H2,1-5H3/b8-7+/t20-,22-,25+,26-,27-,28-/m0/s1. The second-order valence-corrected chi connectivity index (χ2v) is 11.1. The highest BCUT2D eigenvalue weighted by Gasteiger charge is 2.64. The summed E-state index contributed by atoms with van der Waals surface area (Å²) in [5, 5.41) is 0. The van der Waals surface area contributed by atoms with Gasteiger partial charge in [-0.25, -0.2) is 0 Å². The van der Waals surface area contributed by atoms with E-state index in [2.05, 4.69) is 26.8 Å². The lowest BCUT2D eigenvalue weighted by atomic mass is 9.48. The summed E-state index contributed by atoms with van der Waals surface area (Å²) in [5.74, 6) is -0.352. The van der Waals surface area contributed by atoms with Crippen LogP contribution < -0.4 is 0 Å². The maximum Gasteiger partial charge on any atom is 0.306 e. The fraction of sp³-hybridized carbons (Fsp3) is 0.643. The predicted octanol–water partition coefficient (Wildman–Crippen LogP) is 5.09. The van der Waals surface area contributed by atoms with E-state index < -0.39 is 5.60 Å². The summed E-state index contributed by atoms with van der Waals surface area (Å²) in [7, 11) is 0. The fourth-order valence-corrected chi connectivity index (χ4v) is 7.16. The van der Waals surface area contributed by atoms with Gasteiger partial charge in [-0.15, -0.1) is 0 Å². The van der Waals surface area contributed by atoms with Crippen LogP contribution in [0, 0.1) is 28.6 Å². The monoisotopic (exact) mass is 452 g/mol. The average Bonchev–Trinajstić information content (AvgIpc) is 3.02. The molecule has 0 saturated heterocycles. The van der Waals surface area contributed by atoms with Gasteiger partial charge in [0.2, 0.25) is 0 Å². The van der Waals surface area contributed by atoms with Crippen LogP contribution in [0.4, 0.5) is 0 Å². The quantitative estimate of drug-likeness (QED) is 0.330. The zero-order valence-electron chi connectivity index (χ0n) is 20.5. The number of ketones is 3. The average molecular weight is 453 g/mol. The third-order valence-electron chi connectivity index (χ3n) is 9.40. The smallest absolute Gasteiger partial charge is 0.306 e. The molecule has 2 fully saturated rings. The minimum absolute atomic E-state index is 0.0189. The van der Waals surface area contributed by atoms with Gasteiger partial charge in [-0.1, -0.05) is 38.0 Å². The molecule has 4 aliphatic carbocycles. The van der Waals surface area contributed by atoms with Crippen molar-refractivity contribution < 1.29 is 23.9 Å². The maximum atomic E-state index is 13.4. The van der Waals surface area contributed by atoms with Gasteiger partial charge in [0.25, 0.3) is 0 Å². The molecule has 0 N–H and O–H groups in total. The number of esters is 1. The van der Waals surface area contributed by atoms with Crippen molar-refractivity contribution in [2.75, 3.05) is 0 Å². The van der Waals surface area contributed by atoms with Crippen molar-refractivity contribution in [3.8, 4) is 0 Å². The Bertz CT molecular complexity index is 1000. The number of fused-ring (bicyclic) bond motifs is 5. The summed E-state index contributed by atoms with van der Waals surface area (Å²) >= 11 is 0. The lowest BCUT2D eigenvalue weighted by Crippen LogP contribution is -2.54. The largest absolute Gasteiger partial charge is 0.459 e. The number of hydrogen-bond donors (Lipinski definition) is 0. The SMILES string of the molecule is CCC(=O)O[C@@]1(C)CC[C@H]2[C@H]3C(=CC[C@@]21C)[C@@]1(C)CCC(=O)C=C1C[C@H]3C(=O)/C=C/C(C)=O. The van der Waals surface area contributed by atoms with E-state index in [1.54, 1.807) is 6.08 Å². The highest BCUT2D eigenvalue weighted by atomic mass is 16.6. The van der Waals surface area contributed by atoms with Crippen LogP contribution in [-0.2, 0) is 23.9 Å². The van der Waals surface area contributed by atoms with Gasteiger partial charge in [0.05, 0.1) is 0 Å². The summed E-state index contributed by atoms with van der Waals surface area (Å²) in [5.41, 5.74) is 1.28. The molecule has 0 aromatic carbocycles. The van der Waals surface area contributed by atoms with E-state index in [1.807, 2.05) is 6.92 Å². The van der Waals surface area contributed by atoms with Crippen LogP contribution in [0.3, 0.4) is 0 Å². The van der Waals surface area contributed by atoms with E-state index in [-0.39, 0.29) is 51.9 Å². The fourth-order valence-electron chi connectivity index (χ4n) is 7.16. The topological polar surface area (TPSA) is 77.5 Å². The predicted molar refractivity (Wildman–Crippen MR) is 125 cm³/mol. The van der Waals surface area contributed by atoms with Gasteiger partial charge >= 0.3 is 5.97 Å². The van der Waals surface area contributed by atoms with Crippen LogP contribution in [0.5, 0.6) is 0 Å². The first kappa shape index (κ1) is 23.8. The van der Waals surface area contributed by atoms with E-state index in [0.717, 1.165) is 31.3 Å². The van der Waals surface area contributed by atoms with Crippen LogP contribution in [-0.4, -0.2) is 28.9 Å². The summed E-state index contributed by atoms with van der Waals surface area (Å²) < 4.78 is 6.05. The highest BCUT2D eigenvalue weighted by Crippen LogP contribution is 2.67. The number of carbonyl (C=O) groups excluding carboxylic acids is 4. The van der Waals surface area contributed by atoms with Gasteiger partial charge < -0.3 is 4.74 Å². The van der Waals surface area contributed by atoms with E-state index >= 15 is 0 Å². The van der Waals surface area contributed by atoms with Crippen molar-refractivity contribution >= 4 is 23.3 Å². The van der Waals surface area contributed by atoms with E-state index in [0.29, 0.717) is 19.3 Å². The molecule has 2 saturated carbocycles. The van der Waals surface area contributed by atoms with Gasteiger partial charge in [0.15, 0.2) is 17.3 Å². The minimum atomic E-state index is -0.574. The van der Waals surface area contributed by atoms with Crippen LogP contribution in [0.25, 0.3) is 0 Å². The van der Waals surface area contributed by atoms with E-state index in [9.17, 15) is 19.2 Å². The molecular formula is C28H36O5. The Morgan fingerprint density at radius 1 is 1.15 bits per heavy atom. The normalized spacial score (nSPS) is 39.8. The van der Waals surface area contributed by atoms with Gasteiger partial charge in [-0.05, 0) is 76.0 Å². The molecule has 5 nitrogen and oxygen atoms in total. The molecule has 0 aromatic heterocycles. The van der Waals surface area contributed by atoms with Crippen molar-refractivity contribution in [1.82, 2.24) is 0 Å². The maximum absolute atomic E-state index is 13.4. The van der Waals surface area contributed by atoms with Crippen molar-refractivity contribution in [2.24, 2.45) is 28.6 Å². The van der Waals surface area contributed by atoms with Crippen LogP contribution in [0.2, 0.25) is 0 Å². The second-order valence-electron chi connectivity index (χ2n) is 11.1. The molecule has 4 rings (SSSR count). The first-order chi connectivity index (χ1) is 15.4. The van der Waals surface area contributed by atoms with Gasteiger partial charge in [0.1, 0.15) is 5.60 Å². The molecule has 0 aromatic rings. The van der Waals surface area contributed by atoms with Gasteiger partial charge in [0, 0.05) is 29.6 Å². The summed E-state index contributed by atoms with van der Waals surface area (Å²) in [6.45, 7) is 9.75. The lowest BCUT2D eigenvalue weighted by molar-refractivity contribution is -0.173. The molecule has 5 heteroatoms. The summed E-state index contributed by atoms with van der Waals surface area (Å²) in [4.78, 5) is 49.5. The van der Waals surface area contributed by atoms with Crippen LogP contribution in [0.1, 0.15) is 79.6 Å². The molecule has 178 valence electrons. The molecule has 0 radical (unpaired) electrons. The zero-order valence-corrected chi connectivity index (χ0v) is 20.5. The molecule has 0 heterocycles. The Hall–Kier alpha value is -2.30. The van der Waals surface area contributed by atoms with E-state index in [4.69, 9.17) is 4.74 Å². The third-order valence-corrected chi connectivity index (χ3v) is 9.40. The molecule has 33 heavy (non-hydrogen) atoms. The number of carbonyl (C=O) groups is 4. The molecule has 6 atom stereocenters. The molecule has 0 aliphatic heterocycles. The molecule has 0 spiro atoms. The van der Waals surface area contributed by atoms with Crippen molar-refractivity contribution in [1.29, 1.82) is 0 Å².